The first-order valence-corrected chi connectivity index (χ1v) is 5.41. The van der Waals surface area contributed by atoms with Gasteiger partial charge in [0, 0.05) is 22.3 Å². The molecule has 16 heavy (non-hydrogen) atoms. The van der Waals surface area contributed by atoms with Crippen LogP contribution in [0.1, 0.15) is 0 Å². The average Bonchev–Trinajstić information content (AvgIpc) is 2.16. The molecule has 0 aromatic heterocycles. The predicted octanol–water partition coefficient (Wildman–Crippen LogP) is 1.91. The number of hydrogen-bond donors (Lipinski definition) is 2. The first kappa shape index (κ1) is 13.3. The summed E-state index contributed by atoms with van der Waals surface area (Å²) in [5, 5.41) is 3.54. The van der Waals surface area contributed by atoms with Gasteiger partial charge in [0.05, 0.1) is 6.61 Å². The van der Waals surface area contributed by atoms with Crippen molar-refractivity contribution in [2.75, 3.05) is 25.1 Å². The van der Waals surface area contributed by atoms with E-state index in [2.05, 4.69) is 5.32 Å². The number of nitrogens with one attached hydrogen (secondary N) is 1. The van der Waals surface area contributed by atoms with Gasteiger partial charge >= 0.3 is 0 Å². The van der Waals surface area contributed by atoms with Crippen LogP contribution in [0.15, 0.2) is 18.2 Å². The molecule has 0 fully saturated rings. The van der Waals surface area contributed by atoms with E-state index in [-0.39, 0.29) is 12.5 Å². The largest absolute Gasteiger partial charge is 0.370 e. The zero-order chi connectivity index (χ0) is 12.0. The van der Waals surface area contributed by atoms with Crippen LogP contribution in [0.25, 0.3) is 0 Å². The van der Waals surface area contributed by atoms with Crippen molar-refractivity contribution < 1.29 is 9.53 Å². The molecule has 0 aliphatic carbocycles. The number of benzene rings is 1. The van der Waals surface area contributed by atoms with Gasteiger partial charge in [0.1, 0.15) is 6.61 Å². The highest BCUT2D eigenvalue weighted by Crippen LogP contribution is 2.22. The minimum Gasteiger partial charge on any atom is -0.370 e. The first-order chi connectivity index (χ1) is 7.61. The molecule has 1 rings (SSSR count). The fourth-order valence-electron chi connectivity index (χ4n) is 1.07. The smallest absolute Gasteiger partial charge is 0.250 e. The number of carbonyl (C=O) groups excluding carboxylic acids is 1. The zero-order valence-corrected chi connectivity index (χ0v) is 10.0. The first-order valence-electron chi connectivity index (χ1n) is 4.65. The number of ether oxygens (including phenoxy) is 1. The van der Waals surface area contributed by atoms with E-state index in [9.17, 15) is 4.79 Å². The second-order valence-corrected chi connectivity index (χ2v) is 3.92. The molecular formula is C10H12Cl2N2O2. The molecule has 0 atom stereocenters. The number of amides is 1. The van der Waals surface area contributed by atoms with E-state index in [1.807, 2.05) is 0 Å². The van der Waals surface area contributed by atoms with E-state index in [0.29, 0.717) is 28.9 Å². The lowest BCUT2D eigenvalue weighted by molar-refractivity contribution is -0.120. The lowest BCUT2D eigenvalue weighted by Crippen LogP contribution is -2.20. The van der Waals surface area contributed by atoms with Crippen molar-refractivity contribution in [3.05, 3.63) is 28.2 Å². The van der Waals surface area contributed by atoms with E-state index in [1.54, 1.807) is 18.2 Å². The van der Waals surface area contributed by atoms with Crippen LogP contribution in [0, 0.1) is 0 Å². The van der Waals surface area contributed by atoms with Crippen molar-refractivity contribution in [2.24, 2.45) is 5.73 Å². The molecule has 0 saturated carbocycles. The molecule has 6 heteroatoms. The van der Waals surface area contributed by atoms with E-state index in [1.165, 1.54) is 0 Å². The van der Waals surface area contributed by atoms with Crippen LogP contribution in [0.3, 0.4) is 0 Å². The third kappa shape index (κ3) is 4.81. The molecule has 0 aliphatic rings. The second kappa shape index (κ2) is 6.70. The third-order valence-corrected chi connectivity index (χ3v) is 2.08. The van der Waals surface area contributed by atoms with Gasteiger partial charge in [-0.2, -0.15) is 0 Å². The van der Waals surface area contributed by atoms with Gasteiger partial charge in [0.2, 0.25) is 5.91 Å². The Morgan fingerprint density at radius 1 is 1.31 bits per heavy atom. The molecule has 0 saturated heterocycles. The topological polar surface area (TPSA) is 64.3 Å². The van der Waals surface area contributed by atoms with Gasteiger partial charge < -0.3 is 15.8 Å². The third-order valence-electron chi connectivity index (χ3n) is 1.64. The molecule has 0 heterocycles. The molecule has 0 spiro atoms. The zero-order valence-electron chi connectivity index (χ0n) is 8.50. The quantitative estimate of drug-likeness (QED) is 0.797. The van der Waals surface area contributed by atoms with Crippen molar-refractivity contribution in [3.8, 4) is 0 Å². The molecule has 4 nitrogen and oxygen atoms in total. The van der Waals surface area contributed by atoms with Crippen LogP contribution < -0.4 is 11.1 Å². The highest BCUT2D eigenvalue weighted by atomic mass is 35.5. The average molecular weight is 263 g/mol. The number of anilines is 1. The van der Waals surface area contributed by atoms with Crippen molar-refractivity contribution in [2.45, 2.75) is 0 Å². The number of rotatable bonds is 5. The van der Waals surface area contributed by atoms with Crippen LogP contribution in [0.5, 0.6) is 0 Å². The Balaban J connectivity index is 2.49. The van der Waals surface area contributed by atoms with Gasteiger partial charge in [-0.15, -0.1) is 0 Å². The maximum absolute atomic E-state index is 11.3. The Bertz CT molecular complexity index is 352. The lowest BCUT2D eigenvalue weighted by Gasteiger charge is -2.06. The normalized spacial score (nSPS) is 10.2. The Morgan fingerprint density at radius 2 is 1.94 bits per heavy atom. The SMILES string of the molecule is NCCOCC(=O)Nc1cc(Cl)cc(Cl)c1. The van der Waals surface area contributed by atoms with E-state index in [4.69, 9.17) is 33.7 Å². The molecule has 1 aromatic rings. The Hall–Kier alpha value is -0.810. The number of nitrogens with two attached hydrogens (primary N) is 1. The van der Waals surface area contributed by atoms with Crippen LogP contribution in [-0.2, 0) is 9.53 Å². The highest BCUT2D eigenvalue weighted by Gasteiger charge is 2.04. The molecule has 1 amide bonds. The molecule has 1 aromatic carbocycles. The number of carbonyl (C=O) groups is 1. The summed E-state index contributed by atoms with van der Waals surface area (Å²) in [6, 6.07) is 4.80. The molecule has 3 N–H and O–H groups in total. The summed E-state index contributed by atoms with van der Waals surface area (Å²) in [6.45, 7) is 0.696. The molecule has 0 unspecified atom stereocenters. The predicted molar refractivity (Wildman–Crippen MR) is 65.0 cm³/mol. The summed E-state index contributed by atoms with van der Waals surface area (Å²) in [4.78, 5) is 11.3. The summed E-state index contributed by atoms with van der Waals surface area (Å²) >= 11 is 11.6. The monoisotopic (exact) mass is 262 g/mol. The molecule has 88 valence electrons. The van der Waals surface area contributed by atoms with Crippen LogP contribution in [0.4, 0.5) is 5.69 Å². The van der Waals surface area contributed by atoms with Gasteiger partial charge in [0.15, 0.2) is 0 Å². The Labute approximate surface area is 104 Å². The fourth-order valence-corrected chi connectivity index (χ4v) is 1.60. The Kier molecular flexibility index (Phi) is 5.55. The summed E-state index contributed by atoms with van der Waals surface area (Å²) in [7, 11) is 0. The molecule has 0 radical (unpaired) electrons. The Morgan fingerprint density at radius 3 is 2.50 bits per heavy atom. The standard InChI is InChI=1S/C10H12Cl2N2O2/c11-7-3-8(12)5-9(4-7)14-10(15)6-16-2-1-13/h3-5H,1-2,6,13H2,(H,14,15). The minimum absolute atomic E-state index is 0.0403. The maximum atomic E-state index is 11.3. The summed E-state index contributed by atoms with van der Waals surface area (Å²) in [6.07, 6.45) is 0. The van der Waals surface area contributed by atoms with Crippen molar-refractivity contribution >= 4 is 34.8 Å². The molecular weight excluding hydrogens is 251 g/mol. The van der Waals surface area contributed by atoms with Crippen molar-refractivity contribution in [3.63, 3.8) is 0 Å². The van der Waals surface area contributed by atoms with Gasteiger partial charge in [-0.25, -0.2) is 0 Å². The van der Waals surface area contributed by atoms with Crippen LogP contribution in [0.2, 0.25) is 10.0 Å². The lowest BCUT2D eigenvalue weighted by atomic mass is 10.3. The van der Waals surface area contributed by atoms with E-state index >= 15 is 0 Å². The van der Waals surface area contributed by atoms with Crippen LogP contribution in [-0.4, -0.2) is 25.7 Å². The number of halogens is 2. The van der Waals surface area contributed by atoms with Gasteiger partial charge in [-0.05, 0) is 18.2 Å². The van der Waals surface area contributed by atoms with Gasteiger partial charge in [0.25, 0.3) is 0 Å². The summed E-state index contributed by atoms with van der Waals surface area (Å²) in [5.41, 5.74) is 5.76. The van der Waals surface area contributed by atoms with E-state index in [0.717, 1.165) is 0 Å². The van der Waals surface area contributed by atoms with Crippen molar-refractivity contribution in [1.29, 1.82) is 0 Å². The van der Waals surface area contributed by atoms with Crippen molar-refractivity contribution in [1.82, 2.24) is 0 Å². The fraction of sp³-hybridized carbons (Fsp3) is 0.300. The molecule has 0 bridgehead atoms. The molecule has 0 aliphatic heterocycles. The summed E-state index contributed by atoms with van der Waals surface area (Å²) in [5.74, 6) is -0.271. The van der Waals surface area contributed by atoms with Crippen LogP contribution >= 0.6 is 23.2 Å². The highest BCUT2D eigenvalue weighted by molar-refractivity contribution is 6.35. The van der Waals surface area contributed by atoms with E-state index < -0.39 is 0 Å². The number of hydrogen-bond acceptors (Lipinski definition) is 3. The summed E-state index contributed by atoms with van der Waals surface area (Å²) < 4.78 is 4.97. The minimum atomic E-state index is -0.271. The van der Waals surface area contributed by atoms with Gasteiger partial charge in [-0.3, -0.25) is 4.79 Å². The second-order valence-electron chi connectivity index (χ2n) is 3.05. The maximum Gasteiger partial charge on any atom is 0.250 e. The van der Waals surface area contributed by atoms with Gasteiger partial charge in [-0.1, -0.05) is 23.2 Å².